The molecule has 0 N–H and O–H groups in total. The SMILES string of the molecule is Cc1ccc(C(C)(C)C)c(N(Cl)C2CC2)c1. The summed E-state index contributed by atoms with van der Waals surface area (Å²) >= 11 is 6.42. The Hall–Kier alpha value is -0.690. The minimum atomic E-state index is 0.144. The normalized spacial score (nSPS) is 16.3. The van der Waals surface area contributed by atoms with Crippen molar-refractivity contribution in [3.05, 3.63) is 29.3 Å². The Morgan fingerprint density at radius 2 is 1.88 bits per heavy atom. The van der Waals surface area contributed by atoms with Gasteiger partial charge in [0.15, 0.2) is 0 Å². The van der Waals surface area contributed by atoms with E-state index in [2.05, 4.69) is 45.9 Å². The molecule has 0 unspecified atom stereocenters. The van der Waals surface area contributed by atoms with Gasteiger partial charge in [-0.05, 0) is 42.4 Å². The van der Waals surface area contributed by atoms with Crippen molar-refractivity contribution in [1.29, 1.82) is 0 Å². The molecule has 0 aromatic heterocycles. The van der Waals surface area contributed by atoms with Crippen molar-refractivity contribution >= 4 is 17.5 Å². The van der Waals surface area contributed by atoms with Gasteiger partial charge in [-0.3, -0.25) is 4.42 Å². The van der Waals surface area contributed by atoms with E-state index in [1.807, 2.05) is 4.42 Å². The van der Waals surface area contributed by atoms with Crippen molar-refractivity contribution in [2.45, 2.75) is 52.0 Å². The fourth-order valence-corrected chi connectivity index (χ4v) is 2.29. The van der Waals surface area contributed by atoms with Crippen LogP contribution in [0.1, 0.15) is 44.7 Å². The highest BCUT2D eigenvalue weighted by Crippen LogP contribution is 2.39. The number of rotatable bonds is 2. The summed E-state index contributed by atoms with van der Waals surface area (Å²) in [4.78, 5) is 0. The predicted octanol–water partition coefficient (Wildman–Crippen LogP) is 4.42. The summed E-state index contributed by atoms with van der Waals surface area (Å²) in [6.45, 7) is 8.82. The van der Waals surface area contributed by atoms with Crippen LogP contribution in [0.3, 0.4) is 0 Å². The summed E-state index contributed by atoms with van der Waals surface area (Å²) in [6.07, 6.45) is 2.45. The van der Waals surface area contributed by atoms with Crippen LogP contribution in [0.2, 0.25) is 0 Å². The molecular formula is C14H20ClN. The molecule has 88 valence electrons. The molecule has 0 saturated heterocycles. The minimum absolute atomic E-state index is 0.144. The molecule has 2 rings (SSSR count). The van der Waals surface area contributed by atoms with E-state index in [4.69, 9.17) is 11.8 Å². The molecule has 0 heterocycles. The smallest absolute Gasteiger partial charge is 0.0566 e. The van der Waals surface area contributed by atoms with E-state index in [1.54, 1.807) is 0 Å². The molecule has 2 heteroatoms. The van der Waals surface area contributed by atoms with Gasteiger partial charge in [-0.1, -0.05) is 32.9 Å². The number of anilines is 1. The number of hydrogen-bond donors (Lipinski definition) is 0. The van der Waals surface area contributed by atoms with Gasteiger partial charge >= 0.3 is 0 Å². The van der Waals surface area contributed by atoms with Crippen molar-refractivity contribution in [2.24, 2.45) is 0 Å². The highest BCUT2D eigenvalue weighted by atomic mass is 35.5. The number of aryl methyl sites for hydroxylation is 1. The van der Waals surface area contributed by atoms with Gasteiger partial charge in [-0.2, -0.15) is 0 Å². The van der Waals surface area contributed by atoms with E-state index in [1.165, 1.54) is 29.7 Å². The van der Waals surface area contributed by atoms with Crippen molar-refractivity contribution in [3.8, 4) is 0 Å². The largest absolute Gasteiger partial charge is 0.282 e. The molecule has 1 nitrogen and oxygen atoms in total. The lowest BCUT2D eigenvalue weighted by atomic mass is 9.85. The molecule has 1 aromatic rings. The molecule has 0 amide bonds. The van der Waals surface area contributed by atoms with Gasteiger partial charge < -0.3 is 0 Å². The molecule has 16 heavy (non-hydrogen) atoms. The zero-order chi connectivity index (χ0) is 11.9. The number of hydrogen-bond acceptors (Lipinski definition) is 1. The topological polar surface area (TPSA) is 3.24 Å². The number of nitrogens with zero attached hydrogens (tertiary/aromatic N) is 1. The lowest BCUT2D eigenvalue weighted by Gasteiger charge is -2.27. The van der Waals surface area contributed by atoms with Crippen LogP contribution in [-0.4, -0.2) is 6.04 Å². The zero-order valence-electron chi connectivity index (χ0n) is 10.5. The summed E-state index contributed by atoms with van der Waals surface area (Å²) in [6, 6.07) is 7.13. The van der Waals surface area contributed by atoms with Crippen molar-refractivity contribution in [3.63, 3.8) is 0 Å². The minimum Gasteiger partial charge on any atom is -0.282 e. The third-order valence-electron chi connectivity index (χ3n) is 3.06. The van der Waals surface area contributed by atoms with Crippen LogP contribution in [0.25, 0.3) is 0 Å². The summed E-state index contributed by atoms with van der Waals surface area (Å²) in [5.41, 5.74) is 3.94. The standard InChI is InChI=1S/C14H20ClN/c1-10-5-8-12(14(2,3)4)13(9-10)16(15)11-6-7-11/h5,8-9,11H,6-7H2,1-4H3. The van der Waals surface area contributed by atoms with E-state index in [9.17, 15) is 0 Å². The molecule has 0 radical (unpaired) electrons. The maximum atomic E-state index is 6.42. The Morgan fingerprint density at radius 1 is 1.25 bits per heavy atom. The van der Waals surface area contributed by atoms with E-state index < -0.39 is 0 Å². The zero-order valence-corrected chi connectivity index (χ0v) is 11.3. The van der Waals surface area contributed by atoms with Crippen LogP contribution >= 0.6 is 11.8 Å². The van der Waals surface area contributed by atoms with Crippen LogP contribution in [0.15, 0.2) is 18.2 Å². The average Bonchev–Trinajstić information content (AvgIpc) is 2.97. The van der Waals surface area contributed by atoms with Gasteiger partial charge in [0.2, 0.25) is 0 Å². The van der Waals surface area contributed by atoms with Gasteiger partial charge in [0.05, 0.1) is 5.69 Å². The van der Waals surface area contributed by atoms with Crippen LogP contribution in [0.5, 0.6) is 0 Å². The predicted molar refractivity (Wildman–Crippen MR) is 71.2 cm³/mol. The van der Waals surface area contributed by atoms with Gasteiger partial charge in [-0.15, -0.1) is 0 Å². The van der Waals surface area contributed by atoms with E-state index >= 15 is 0 Å². The third kappa shape index (κ3) is 2.35. The average molecular weight is 238 g/mol. The molecule has 1 fully saturated rings. The molecule has 0 atom stereocenters. The first-order chi connectivity index (χ1) is 7.39. The Labute approximate surface area is 104 Å². The van der Waals surface area contributed by atoms with E-state index in [-0.39, 0.29) is 5.41 Å². The van der Waals surface area contributed by atoms with Gasteiger partial charge in [0, 0.05) is 17.8 Å². The lowest BCUT2D eigenvalue weighted by Crippen LogP contribution is -2.20. The fourth-order valence-electron chi connectivity index (χ4n) is 1.95. The molecule has 1 aliphatic carbocycles. The Bertz CT molecular complexity index is 388. The first kappa shape index (κ1) is 11.8. The quantitative estimate of drug-likeness (QED) is 0.689. The second-order valence-corrected chi connectivity index (χ2v) is 6.18. The Kier molecular flexibility index (Phi) is 2.91. The Morgan fingerprint density at radius 3 is 2.38 bits per heavy atom. The first-order valence-corrected chi connectivity index (χ1v) is 6.29. The monoisotopic (exact) mass is 237 g/mol. The second-order valence-electron chi connectivity index (χ2n) is 5.81. The number of halogens is 1. The van der Waals surface area contributed by atoms with Crippen LogP contribution in [0.4, 0.5) is 5.69 Å². The molecule has 0 spiro atoms. The molecule has 0 aliphatic heterocycles. The van der Waals surface area contributed by atoms with Gasteiger partial charge in [0.25, 0.3) is 0 Å². The van der Waals surface area contributed by atoms with Gasteiger partial charge in [-0.25, -0.2) is 0 Å². The van der Waals surface area contributed by atoms with Gasteiger partial charge in [0.1, 0.15) is 0 Å². The first-order valence-electron chi connectivity index (χ1n) is 5.96. The maximum Gasteiger partial charge on any atom is 0.0566 e. The highest BCUT2D eigenvalue weighted by molar-refractivity contribution is 6.26. The lowest BCUT2D eigenvalue weighted by molar-refractivity contribution is 0.590. The van der Waals surface area contributed by atoms with Crippen molar-refractivity contribution < 1.29 is 0 Å². The Balaban J connectivity index is 2.43. The molecule has 1 aromatic carbocycles. The second kappa shape index (κ2) is 3.96. The van der Waals surface area contributed by atoms with E-state index in [0.29, 0.717) is 6.04 Å². The van der Waals surface area contributed by atoms with Crippen molar-refractivity contribution in [1.82, 2.24) is 0 Å². The molecule has 1 saturated carbocycles. The molecular weight excluding hydrogens is 218 g/mol. The van der Waals surface area contributed by atoms with E-state index in [0.717, 1.165) is 0 Å². The van der Waals surface area contributed by atoms with Crippen LogP contribution in [-0.2, 0) is 5.41 Å². The maximum absolute atomic E-state index is 6.42. The summed E-state index contributed by atoms with van der Waals surface area (Å²) in [7, 11) is 0. The summed E-state index contributed by atoms with van der Waals surface area (Å²) in [5.74, 6) is 0. The molecule has 1 aliphatic rings. The van der Waals surface area contributed by atoms with Crippen LogP contribution < -0.4 is 4.42 Å². The number of benzene rings is 1. The van der Waals surface area contributed by atoms with Crippen molar-refractivity contribution in [2.75, 3.05) is 4.42 Å². The summed E-state index contributed by atoms with van der Waals surface area (Å²) < 4.78 is 1.94. The summed E-state index contributed by atoms with van der Waals surface area (Å²) in [5, 5.41) is 0. The highest BCUT2D eigenvalue weighted by Gasteiger charge is 2.31. The molecule has 0 bridgehead atoms. The van der Waals surface area contributed by atoms with Crippen LogP contribution in [0, 0.1) is 6.92 Å². The fraction of sp³-hybridized carbons (Fsp3) is 0.571. The third-order valence-corrected chi connectivity index (χ3v) is 3.52.